The van der Waals surface area contributed by atoms with Crippen LogP contribution in [-0.2, 0) is 16.6 Å². The van der Waals surface area contributed by atoms with E-state index in [9.17, 15) is 8.60 Å². The summed E-state index contributed by atoms with van der Waals surface area (Å²) in [7, 11) is -0.969. The number of nitrogens with one attached hydrogen (secondary N) is 1. The minimum absolute atomic E-state index is 0.275. The Balaban J connectivity index is 1.96. The largest absolute Gasteiger partial charge is 0.316 e. The van der Waals surface area contributed by atoms with Crippen molar-refractivity contribution in [2.45, 2.75) is 5.75 Å². The lowest BCUT2D eigenvalue weighted by molar-refractivity contribution is 0.382. The Kier molecular flexibility index (Phi) is 4.10. The van der Waals surface area contributed by atoms with Gasteiger partial charge in [-0.3, -0.25) is 4.21 Å². The zero-order valence-electron chi connectivity index (χ0n) is 8.71. The molecule has 2 rings (SSSR count). The maximum absolute atomic E-state index is 13.4. The summed E-state index contributed by atoms with van der Waals surface area (Å²) in [6.07, 6.45) is 0. The second kappa shape index (κ2) is 5.38. The fraction of sp³-hybridized carbons (Fsp3) is 0.455. The standard InChI is InChI=1S/C11H13BrFNOS/c12-10-1-2-11(13)9(3-10)7-16(15)6-8-4-14-5-8/h1-3,8,14H,4-7H2. The van der Waals surface area contributed by atoms with Crippen LogP contribution in [-0.4, -0.2) is 23.1 Å². The van der Waals surface area contributed by atoms with Crippen LogP contribution in [0.3, 0.4) is 0 Å². The van der Waals surface area contributed by atoms with Gasteiger partial charge in [-0.25, -0.2) is 4.39 Å². The van der Waals surface area contributed by atoms with Crippen LogP contribution in [0.25, 0.3) is 0 Å². The van der Waals surface area contributed by atoms with E-state index < -0.39 is 10.8 Å². The third kappa shape index (κ3) is 3.12. The van der Waals surface area contributed by atoms with Gasteiger partial charge in [0, 0.05) is 39.7 Å². The summed E-state index contributed by atoms with van der Waals surface area (Å²) < 4.78 is 26.0. The third-order valence-corrected chi connectivity index (χ3v) is 4.58. The summed E-state index contributed by atoms with van der Waals surface area (Å²) in [6, 6.07) is 4.76. The first kappa shape index (κ1) is 12.2. The molecule has 1 saturated heterocycles. The molecule has 16 heavy (non-hydrogen) atoms. The zero-order valence-corrected chi connectivity index (χ0v) is 11.1. The van der Waals surface area contributed by atoms with Crippen LogP contribution in [0.15, 0.2) is 22.7 Å². The molecule has 5 heteroatoms. The van der Waals surface area contributed by atoms with Crippen LogP contribution in [0, 0.1) is 11.7 Å². The molecule has 0 aliphatic carbocycles. The fourth-order valence-electron chi connectivity index (χ4n) is 1.62. The van der Waals surface area contributed by atoms with Crippen molar-refractivity contribution in [2.75, 3.05) is 18.8 Å². The van der Waals surface area contributed by atoms with Crippen LogP contribution >= 0.6 is 15.9 Å². The molecule has 0 aromatic heterocycles. The van der Waals surface area contributed by atoms with Crippen LogP contribution < -0.4 is 5.32 Å². The maximum atomic E-state index is 13.4. The van der Waals surface area contributed by atoms with Crippen molar-refractivity contribution in [3.63, 3.8) is 0 Å². The van der Waals surface area contributed by atoms with E-state index in [1.165, 1.54) is 6.07 Å². The first-order valence-corrected chi connectivity index (χ1v) is 7.43. The van der Waals surface area contributed by atoms with Gasteiger partial charge in [-0.1, -0.05) is 15.9 Å². The summed E-state index contributed by atoms with van der Waals surface area (Å²) in [6.45, 7) is 1.87. The topological polar surface area (TPSA) is 29.1 Å². The van der Waals surface area contributed by atoms with Crippen LogP contribution in [0.5, 0.6) is 0 Å². The first-order valence-electron chi connectivity index (χ1n) is 5.15. The molecule has 2 nitrogen and oxygen atoms in total. The minimum atomic E-state index is -0.969. The third-order valence-electron chi connectivity index (χ3n) is 2.61. The van der Waals surface area contributed by atoms with E-state index >= 15 is 0 Å². The molecular formula is C11H13BrFNOS. The highest BCUT2D eigenvalue weighted by Crippen LogP contribution is 2.18. The average Bonchev–Trinajstić information content (AvgIpc) is 2.18. The highest BCUT2D eigenvalue weighted by atomic mass is 79.9. The van der Waals surface area contributed by atoms with Crippen LogP contribution in [0.2, 0.25) is 0 Å². The molecule has 0 bridgehead atoms. The molecule has 0 amide bonds. The van der Waals surface area contributed by atoms with Crippen LogP contribution in [0.4, 0.5) is 4.39 Å². The number of halogens is 2. The number of hydrogen-bond donors (Lipinski definition) is 1. The predicted molar refractivity (Wildman–Crippen MR) is 67.2 cm³/mol. The van der Waals surface area contributed by atoms with Crippen molar-refractivity contribution in [2.24, 2.45) is 5.92 Å². The van der Waals surface area contributed by atoms with Gasteiger partial charge in [0.05, 0.1) is 5.75 Å². The lowest BCUT2D eigenvalue weighted by Gasteiger charge is -2.26. The molecule has 1 heterocycles. The Hall–Kier alpha value is -0.260. The van der Waals surface area contributed by atoms with E-state index in [0.29, 0.717) is 23.0 Å². The van der Waals surface area contributed by atoms with Gasteiger partial charge in [0.1, 0.15) is 5.82 Å². The quantitative estimate of drug-likeness (QED) is 0.922. The maximum Gasteiger partial charge on any atom is 0.127 e. The number of rotatable bonds is 4. The van der Waals surface area contributed by atoms with E-state index in [4.69, 9.17) is 0 Å². The van der Waals surface area contributed by atoms with Crippen molar-refractivity contribution in [3.05, 3.63) is 34.1 Å². The number of hydrogen-bond acceptors (Lipinski definition) is 2. The first-order chi connectivity index (χ1) is 7.65. The van der Waals surface area contributed by atoms with E-state index in [1.807, 2.05) is 0 Å². The number of benzene rings is 1. The predicted octanol–water partition coefficient (Wildman–Crippen LogP) is 2.06. The van der Waals surface area contributed by atoms with Crippen LogP contribution in [0.1, 0.15) is 5.56 Å². The van der Waals surface area contributed by atoms with Crippen molar-refractivity contribution < 1.29 is 8.60 Å². The highest BCUT2D eigenvalue weighted by Gasteiger charge is 2.20. The van der Waals surface area contributed by atoms with Gasteiger partial charge in [-0.15, -0.1) is 0 Å². The Morgan fingerprint density at radius 1 is 1.50 bits per heavy atom. The average molecular weight is 306 g/mol. The second-order valence-corrected chi connectivity index (χ2v) is 6.43. The Morgan fingerprint density at radius 2 is 2.25 bits per heavy atom. The molecule has 0 spiro atoms. The van der Waals surface area contributed by atoms with Gasteiger partial charge >= 0.3 is 0 Å². The lowest BCUT2D eigenvalue weighted by Crippen LogP contribution is -2.44. The summed E-state index contributed by atoms with van der Waals surface area (Å²) in [5, 5.41) is 3.13. The fourth-order valence-corrected chi connectivity index (χ4v) is 3.47. The molecule has 1 aromatic rings. The van der Waals surface area contributed by atoms with E-state index in [1.54, 1.807) is 12.1 Å². The minimum Gasteiger partial charge on any atom is -0.316 e. The Bertz CT molecular complexity index is 409. The zero-order chi connectivity index (χ0) is 11.5. The van der Waals surface area contributed by atoms with Crippen molar-refractivity contribution in [1.29, 1.82) is 0 Å². The summed E-state index contributed by atoms with van der Waals surface area (Å²) in [5.41, 5.74) is 0.528. The van der Waals surface area contributed by atoms with Crippen molar-refractivity contribution in [3.8, 4) is 0 Å². The smallest absolute Gasteiger partial charge is 0.127 e. The van der Waals surface area contributed by atoms with Gasteiger partial charge in [0.2, 0.25) is 0 Å². The Morgan fingerprint density at radius 3 is 2.88 bits per heavy atom. The molecule has 1 unspecified atom stereocenters. The molecule has 0 radical (unpaired) electrons. The molecule has 1 atom stereocenters. The molecule has 0 saturated carbocycles. The summed E-state index contributed by atoms with van der Waals surface area (Å²) in [5.74, 6) is 1.19. The van der Waals surface area contributed by atoms with Crippen molar-refractivity contribution in [1.82, 2.24) is 5.32 Å². The SMILES string of the molecule is O=S(Cc1cc(Br)ccc1F)CC1CNC1. The molecule has 1 aliphatic rings. The van der Waals surface area contributed by atoms with Gasteiger partial charge in [0.25, 0.3) is 0 Å². The van der Waals surface area contributed by atoms with Gasteiger partial charge < -0.3 is 5.32 Å². The molecule has 1 fully saturated rings. The molecule has 1 aromatic carbocycles. The summed E-state index contributed by atoms with van der Waals surface area (Å²) in [4.78, 5) is 0. The monoisotopic (exact) mass is 305 g/mol. The normalized spacial score (nSPS) is 18.1. The molecule has 1 aliphatic heterocycles. The van der Waals surface area contributed by atoms with Gasteiger partial charge in [0.15, 0.2) is 0 Å². The van der Waals surface area contributed by atoms with Crippen molar-refractivity contribution >= 4 is 26.7 Å². The molecular weight excluding hydrogens is 293 g/mol. The van der Waals surface area contributed by atoms with Gasteiger partial charge in [-0.05, 0) is 24.1 Å². The van der Waals surface area contributed by atoms with E-state index in [0.717, 1.165) is 17.6 Å². The second-order valence-electron chi connectivity index (χ2n) is 4.01. The lowest BCUT2D eigenvalue weighted by atomic mass is 10.1. The highest BCUT2D eigenvalue weighted by molar-refractivity contribution is 9.10. The summed E-state index contributed by atoms with van der Waals surface area (Å²) >= 11 is 3.29. The van der Waals surface area contributed by atoms with E-state index in [2.05, 4.69) is 21.2 Å². The molecule has 1 N–H and O–H groups in total. The molecule has 88 valence electrons. The van der Waals surface area contributed by atoms with E-state index in [-0.39, 0.29) is 5.82 Å². The van der Waals surface area contributed by atoms with Gasteiger partial charge in [-0.2, -0.15) is 0 Å². The Labute approximate surface area is 105 Å².